The second-order valence-electron chi connectivity index (χ2n) is 3.83. The molecule has 1 nitrogen and oxygen atoms in total. The summed E-state index contributed by atoms with van der Waals surface area (Å²) in [7, 11) is 0. The van der Waals surface area contributed by atoms with E-state index in [0.29, 0.717) is 5.92 Å². The molecule has 0 saturated carbocycles. The summed E-state index contributed by atoms with van der Waals surface area (Å²) in [6.07, 6.45) is 9.34. The summed E-state index contributed by atoms with van der Waals surface area (Å²) in [5.41, 5.74) is 2.27. The lowest BCUT2D eigenvalue weighted by Gasteiger charge is -2.07. The summed E-state index contributed by atoms with van der Waals surface area (Å²) in [6.45, 7) is 2.22. The Morgan fingerprint density at radius 3 is 2.80 bits per heavy atom. The van der Waals surface area contributed by atoms with E-state index in [4.69, 9.17) is 0 Å². The average molecular weight is 197 g/mol. The first-order valence-electron chi connectivity index (χ1n) is 5.33. The van der Waals surface area contributed by atoms with E-state index >= 15 is 0 Å². The van der Waals surface area contributed by atoms with Gasteiger partial charge in [0.05, 0.1) is 5.70 Å². The van der Waals surface area contributed by atoms with Crippen molar-refractivity contribution in [1.82, 2.24) is 0 Å². The summed E-state index contributed by atoms with van der Waals surface area (Å²) < 4.78 is 0. The van der Waals surface area contributed by atoms with Gasteiger partial charge in [-0.25, -0.2) is 0 Å². The molecule has 0 N–H and O–H groups in total. The number of aliphatic imine (C=N–C) groups is 1. The fourth-order valence-electron chi connectivity index (χ4n) is 1.59. The quantitative estimate of drug-likeness (QED) is 0.651. The molecule has 0 aromatic heterocycles. The van der Waals surface area contributed by atoms with Crippen LogP contribution in [0.4, 0.5) is 0 Å². The highest BCUT2D eigenvalue weighted by Crippen LogP contribution is 2.19. The van der Waals surface area contributed by atoms with Crippen LogP contribution in [0.25, 0.3) is 5.70 Å². The highest BCUT2D eigenvalue weighted by molar-refractivity contribution is 5.80. The highest BCUT2D eigenvalue weighted by Gasteiger charge is 2.01. The topological polar surface area (TPSA) is 12.4 Å². The lowest BCUT2D eigenvalue weighted by Crippen LogP contribution is -1.91. The molecule has 76 valence electrons. The lowest BCUT2D eigenvalue weighted by atomic mass is 10.0. The molecule has 2 rings (SSSR count). The Morgan fingerprint density at radius 1 is 1.20 bits per heavy atom. The molecule has 0 aliphatic carbocycles. The van der Waals surface area contributed by atoms with Crippen LogP contribution >= 0.6 is 0 Å². The van der Waals surface area contributed by atoms with Crippen LogP contribution in [0, 0.1) is 5.92 Å². The maximum atomic E-state index is 4.44. The molecule has 1 unspecified atom stereocenters. The molecule has 0 amide bonds. The molecule has 1 aromatic carbocycles. The Bertz CT molecular complexity index is 399. The Balaban J connectivity index is 2.29. The number of rotatable bonds is 1. The summed E-state index contributed by atoms with van der Waals surface area (Å²) in [4.78, 5) is 4.44. The third-order valence-electron chi connectivity index (χ3n) is 2.49. The maximum absolute atomic E-state index is 4.44. The van der Waals surface area contributed by atoms with Gasteiger partial charge in [-0.15, -0.1) is 0 Å². The monoisotopic (exact) mass is 197 g/mol. The molecule has 0 radical (unpaired) electrons. The molecular weight excluding hydrogens is 182 g/mol. The molecule has 0 fully saturated rings. The van der Waals surface area contributed by atoms with Crippen molar-refractivity contribution >= 4 is 11.9 Å². The fourth-order valence-corrected chi connectivity index (χ4v) is 1.59. The molecule has 1 heterocycles. The first-order chi connectivity index (χ1) is 7.36. The van der Waals surface area contributed by atoms with E-state index in [1.165, 1.54) is 5.56 Å². The van der Waals surface area contributed by atoms with Gasteiger partial charge in [-0.3, -0.25) is 4.99 Å². The van der Waals surface area contributed by atoms with Crippen LogP contribution in [0.3, 0.4) is 0 Å². The highest BCUT2D eigenvalue weighted by atomic mass is 14.7. The third-order valence-corrected chi connectivity index (χ3v) is 2.49. The zero-order valence-corrected chi connectivity index (χ0v) is 8.93. The van der Waals surface area contributed by atoms with Gasteiger partial charge in [-0.05, 0) is 24.0 Å². The van der Waals surface area contributed by atoms with Crippen molar-refractivity contribution in [2.24, 2.45) is 10.9 Å². The van der Waals surface area contributed by atoms with Gasteiger partial charge in [0, 0.05) is 6.21 Å². The molecule has 0 spiro atoms. The van der Waals surface area contributed by atoms with Gasteiger partial charge in [-0.2, -0.15) is 0 Å². The normalized spacial score (nSPS) is 28.3. The van der Waals surface area contributed by atoms with E-state index in [2.05, 4.69) is 36.2 Å². The number of allylic oxidation sites excluding steroid dienone is 3. The van der Waals surface area contributed by atoms with E-state index in [1.807, 2.05) is 30.5 Å². The van der Waals surface area contributed by atoms with E-state index in [1.54, 1.807) is 0 Å². The predicted octanol–water partition coefficient (Wildman–Crippen LogP) is 3.69. The minimum Gasteiger partial charge on any atom is -0.257 e. The van der Waals surface area contributed by atoms with Gasteiger partial charge in [0.25, 0.3) is 0 Å². The molecule has 1 atom stereocenters. The minimum absolute atomic E-state index is 0.593. The van der Waals surface area contributed by atoms with Gasteiger partial charge in [0.1, 0.15) is 0 Å². The van der Waals surface area contributed by atoms with Crippen LogP contribution in [0.15, 0.2) is 53.6 Å². The number of hydrogen-bond donors (Lipinski definition) is 0. The van der Waals surface area contributed by atoms with Crippen molar-refractivity contribution in [3.8, 4) is 0 Å². The number of hydrogen-bond acceptors (Lipinski definition) is 1. The van der Waals surface area contributed by atoms with E-state index in [0.717, 1.165) is 12.1 Å². The van der Waals surface area contributed by atoms with E-state index in [-0.39, 0.29) is 0 Å². The van der Waals surface area contributed by atoms with E-state index < -0.39 is 0 Å². The first-order valence-corrected chi connectivity index (χ1v) is 5.33. The van der Waals surface area contributed by atoms with Crippen molar-refractivity contribution in [2.75, 3.05) is 0 Å². The van der Waals surface area contributed by atoms with Gasteiger partial charge < -0.3 is 0 Å². The van der Waals surface area contributed by atoms with E-state index in [9.17, 15) is 0 Å². The molecule has 1 aliphatic rings. The van der Waals surface area contributed by atoms with Crippen LogP contribution in [0.1, 0.15) is 18.9 Å². The lowest BCUT2D eigenvalue weighted by molar-refractivity contribution is 0.745. The Morgan fingerprint density at radius 2 is 2.00 bits per heavy atom. The maximum Gasteiger partial charge on any atom is 0.0662 e. The largest absolute Gasteiger partial charge is 0.257 e. The zero-order valence-electron chi connectivity index (χ0n) is 8.93. The summed E-state index contributed by atoms with van der Waals surface area (Å²) >= 11 is 0. The van der Waals surface area contributed by atoms with Crippen LogP contribution in [0.5, 0.6) is 0 Å². The van der Waals surface area contributed by atoms with Crippen molar-refractivity contribution in [3.63, 3.8) is 0 Å². The molecule has 15 heavy (non-hydrogen) atoms. The van der Waals surface area contributed by atoms with Gasteiger partial charge in [0.15, 0.2) is 0 Å². The minimum atomic E-state index is 0.593. The van der Waals surface area contributed by atoms with Crippen molar-refractivity contribution in [1.29, 1.82) is 0 Å². The SMILES string of the molecule is CC1\C=C/C=N/C(c2ccccc2)=C/C1. The number of benzene rings is 1. The molecule has 0 saturated heterocycles. The zero-order chi connectivity index (χ0) is 10.5. The second-order valence-corrected chi connectivity index (χ2v) is 3.83. The molecule has 0 bridgehead atoms. The van der Waals surface area contributed by atoms with Gasteiger partial charge in [-0.1, -0.05) is 49.4 Å². The smallest absolute Gasteiger partial charge is 0.0662 e. The summed E-state index contributed by atoms with van der Waals surface area (Å²) in [5.74, 6) is 0.593. The van der Waals surface area contributed by atoms with Crippen LogP contribution in [-0.4, -0.2) is 6.21 Å². The van der Waals surface area contributed by atoms with Crippen molar-refractivity contribution in [3.05, 3.63) is 54.1 Å². The molecule has 1 heteroatoms. The van der Waals surface area contributed by atoms with Crippen LogP contribution < -0.4 is 0 Å². The van der Waals surface area contributed by atoms with Crippen molar-refractivity contribution in [2.45, 2.75) is 13.3 Å². The van der Waals surface area contributed by atoms with Crippen molar-refractivity contribution < 1.29 is 0 Å². The molecule has 1 aliphatic heterocycles. The third kappa shape index (κ3) is 2.66. The summed E-state index contributed by atoms with van der Waals surface area (Å²) in [6, 6.07) is 10.3. The summed E-state index contributed by atoms with van der Waals surface area (Å²) in [5, 5.41) is 0. The first kappa shape index (κ1) is 9.91. The Kier molecular flexibility index (Phi) is 3.13. The predicted molar refractivity (Wildman–Crippen MR) is 65.8 cm³/mol. The van der Waals surface area contributed by atoms with Crippen LogP contribution in [0.2, 0.25) is 0 Å². The molecule has 1 aromatic rings. The Labute approximate surface area is 90.9 Å². The van der Waals surface area contributed by atoms with Crippen LogP contribution in [-0.2, 0) is 0 Å². The molecular formula is C14H15N. The Hall–Kier alpha value is -1.63. The van der Waals surface area contributed by atoms with Gasteiger partial charge >= 0.3 is 0 Å². The second kappa shape index (κ2) is 4.74. The average Bonchev–Trinajstić information content (AvgIpc) is 2.25. The standard InChI is InChI=1S/C14H15N/c1-12-6-5-11-15-14(10-9-12)13-7-3-2-4-8-13/h2-8,10-12H,9H2,1H3/b6-5-,14-10+,15-11+. The van der Waals surface area contributed by atoms with Gasteiger partial charge in [0.2, 0.25) is 0 Å². The number of nitrogens with zero attached hydrogens (tertiary/aromatic N) is 1. The fraction of sp³-hybridized carbons (Fsp3) is 0.214.